The van der Waals surface area contributed by atoms with Crippen LogP contribution in [0.5, 0.6) is 0 Å². The summed E-state index contributed by atoms with van der Waals surface area (Å²) in [7, 11) is 0. The van der Waals surface area contributed by atoms with Gasteiger partial charge in [0.1, 0.15) is 0 Å². The van der Waals surface area contributed by atoms with Gasteiger partial charge in [0.15, 0.2) is 0 Å². The fraction of sp³-hybridized carbons (Fsp3) is 0.857. The van der Waals surface area contributed by atoms with Gasteiger partial charge in [-0.05, 0) is 32.2 Å². The van der Waals surface area contributed by atoms with Gasteiger partial charge in [-0.15, -0.1) is 0 Å². The Morgan fingerprint density at radius 1 is 1.26 bits per heavy atom. The Kier molecular flexibility index (Phi) is 5.19. The summed E-state index contributed by atoms with van der Waals surface area (Å²) in [6, 6.07) is 0.631. The van der Waals surface area contributed by atoms with Gasteiger partial charge < -0.3 is 15.5 Å². The summed E-state index contributed by atoms with van der Waals surface area (Å²) in [6.45, 7) is 4.46. The lowest BCUT2D eigenvalue weighted by Crippen LogP contribution is -2.47. The molecule has 0 radical (unpaired) electrons. The second kappa shape index (κ2) is 6.89. The molecule has 2 aliphatic heterocycles. The van der Waals surface area contributed by atoms with Gasteiger partial charge in [0.25, 0.3) is 0 Å². The Morgan fingerprint density at radius 3 is 2.58 bits per heavy atom. The van der Waals surface area contributed by atoms with Crippen LogP contribution in [0.15, 0.2) is 0 Å². The maximum Gasteiger partial charge on any atom is 0.224 e. The fourth-order valence-electron chi connectivity index (χ4n) is 2.87. The predicted octanol–water partition coefficient (Wildman–Crippen LogP) is 0.646. The van der Waals surface area contributed by atoms with Gasteiger partial charge >= 0.3 is 0 Å². The standard InChI is InChI=1S/C14H25N3O2/c1-2-13(18)16-11-5-8-17(9-6-11)14(19)10-12-4-3-7-15-12/h11-12,15H,2-10H2,1H3,(H,16,18). The lowest BCUT2D eigenvalue weighted by atomic mass is 10.0. The molecular weight excluding hydrogens is 242 g/mol. The maximum atomic E-state index is 12.1. The predicted molar refractivity (Wildman–Crippen MR) is 73.7 cm³/mol. The van der Waals surface area contributed by atoms with E-state index in [1.807, 2.05) is 11.8 Å². The van der Waals surface area contributed by atoms with E-state index in [-0.39, 0.29) is 17.9 Å². The van der Waals surface area contributed by atoms with E-state index in [2.05, 4.69) is 10.6 Å². The molecule has 1 unspecified atom stereocenters. The van der Waals surface area contributed by atoms with Crippen molar-refractivity contribution in [3.05, 3.63) is 0 Å². The van der Waals surface area contributed by atoms with Crippen molar-refractivity contribution < 1.29 is 9.59 Å². The van der Waals surface area contributed by atoms with Gasteiger partial charge in [-0.3, -0.25) is 9.59 Å². The first-order chi connectivity index (χ1) is 9.19. The molecule has 2 N–H and O–H groups in total. The molecule has 2 fully saturated rings. The number of carbonyl (C=O) groups excluding carboxylic acids is 2. The topological polar surface area (TPSA) is 61.4 Å². The molecular formula is C14H25N3O2. The van der Waals surface area contributed by atoms with Crippen molar-refractivity contribution in [2.24, 2.45) is 0 Å². The third-order valence-electron chi connectivity index (χ3n) is 4.12. The van der Waals surface area contributed by atoms with Crippen LogP contribution < -0.4 is 10.6 Å². The lowest BCUT2D eigenvalue weighted by Gasteiger charge is -2.33. The summed E-state index contributed by atoms with van der Waals surface area (Å²) < 4.78 is 0. The summed E-state index contributed by atoms with van der Waals surface area (Å²) in [4.78, 5) is 25.4. The van der Waals surface area contributed by atoms with Crippen LogP contribution in [0, 0.1) is 0 Å². The zero-order valence-electron chi connectivity index (χ0n) is 11.8. The van der Waals surface area contributed by atoms with Gasteiger partial charge in [-0.25, -0.2) is 0 Å². The highest BCUT2D eigenvalue weighted by atomic mass is 16.2. The average molecular weight is 267 g/mol. The van der Waals surface area contributed by atoms with Gasteiger partial charge in [0.05, 0.1) is 0 Å². The van der Waals surface area contributed by atoms with E-state index in [0.29, 0.717) is 18.9 Å². The smallest absolute Gasteiger partial charge is 0.224 e. The van der Waals surface area contributed by atoms with Crippen LogP contribution >= 0.6 is 0 Å². The number of piperidine rings is 1. The minimum atomic E-state index is 0.111. The maximum absolute atomic E-state index is 12.1. The summed E-state index contributed by atoms with van der Waals surface area (Å²) in [5.74, 6) is 0.375. The second-order valence-electron chi connectivity index (χ2n) is 5.57. The third-order valence-corrected chi connectivity index (χ3v) is 4.12. The van der Waals surface area contributed by atoms with E-state index >= 15 is 0 Å². The van der Waals surface area contributed by atoms with Crippen LogP contribution in [0.2, 0.25) is 0 Å². The van der Waals surface area contributed by atoms with E-state index in [1.165, 1.54) is 6.42 Å². The monoisotopic (exact) mass is 267 g/mol. The Morgan fingerprint density at radius 2 is 2.00 bits per heavy atom. The Balaban J connectivity index is 1.70. The molecule has 0 spiro atoms. The number of nitrogens with zero attached hydrogens (tertiary/aromatic N) is 1. The van der Waals surface area contributed by atoms with Gasteiger partial charge in [-0.2, -0.15) is 0 Å². The van der Waals surface area contributed by atoms with Crippen molar-refractivity contribution in [1.82, 2.24) is 15.5 Å². The minimum absolute atomic E-state index is 0.111. The molecule has 0 aromatic rings. The summed E-state index contributed by atoms with van der Waals surface area (Å²) >= 11 is 0. The molecule has 5 heteroatoms. The fourth-order valence-corrected chi connectivity index (χ4v) is 2.87. The Hall–Kier alpha value is -1.10. The van der Waals surface area contributed by atoms with E-state index in [1.54, 1.807) is 0 Å². The van der Waals surface area contributed by atoms with Gasteiger partial charge in [-0.1, -0.05) is 6.92 Å². The van der Waals surface area contributed by atoms with E-state index in [4.69, 9.17) is 0 Å². The number of amides is 2. The number of hydrogen-bond donors (Lipinski definition) is 2. The molecule has 2 saturated heterocycles. The van der Waals surface area contributed by atoms with Crippen LogP contribution in [0.4, 0.5) is 0 Å². The number of rotatable bonds is 4. The first-order valence-corrected chi connectivity index (χ1v) is 7.49. The molecule has 2 rings (SSSR count). The van der Waals surface area contributed by atoms with Gasteiger partial charge in [0, 0.05) is 38.0 Å². The van der Waals surface area contributed by atoms with Crippen LogP contribution in [0.3, 0.4) is 0 Å². The molecule has 2 amide bonds. The molecule has 2 heterocycles. The number of hydrogen-bond acceptors (Lipinski definition) is 3. The molecule has 0 aliphatic carbocycles. The molecule has 2 aliphatic rings. The van der Waals surface area contributed by atoms with Crippen molar-refractivity contribution in [1.29, 1.82) is 0 Å². The zero-order chi connectivity index (χ0) is 13.7. The van der Waals surface area contributed by atoms with Crippen LogP contribution in [0.1, 0.15) is 45.4 Å². The normalized spacial score (nSPS) is 24.5. The third kappa shape index (κ3) is 4.20. The SMILES string of the molecule is CCC(=O)NC1CCN(C(=O)CC2CCCN2)CC1. The summed E-state index contributed by atoms with van der Waals surface area (Å²) in [5, 5.41) is 6.38. The molecule has 5 nitrogen and oxygen atoms in total. The number of nitrogens with one attached hydrogen (secondary N) is 2. The van der Waals surface area contributed by atoms with Crippen molar-refractivity contribution in [2.75, 3.05) is 19.6 Å². The van der Waals surface area contributed by atoms with E-state index < -0.39 is 0 Å². The average Bonchev–Trinajstić information content (AvgIpc) is 2.92. The Labute approximate surface area is 115 Å². The minimum Gasteiger partial charge on any atom is -0.353 e. The van der Waals surface area contributed by atoms with Crippen molar-refractivity contribution >= 4 is 11.8 Å². The van der Waals surface area contributed by atoms with E-state index in [0.717, 1.165) is 38.9 Å². The lowest BCUT2D eigenvalue weighted by molar-refractivity contribution is -0.132. The zero-order valence-corrected chi connectivity index (χ0v) is 11.8. The highest BCUT2D eigenvalue weighted by Crippen LogP contribution is 2.15. The molecule has 0 bridgehead atoms. The first-order valence-electron chi connectivity index (χ1n) is 7.49. The molecule has 108 valence electrons. The summed E-state index contributed by atoms with van der Waals surface area (Å²) in [5.41, 5.74) is 0. The van der Waals surface area contributed by atoms with Crippen LogP contribution in [-0.2, 0) is 9.59 Å². The van der Waals surface area contributed by atoms with Crippen molar-refractivity contribution in [3.63, 3.8) is 0 Å². The molecule has 1 atom stereocenters. The second-order valence-corrected chi connectivity index (χ2v) is 5.57. The quantitative estimate of drug-likeness (QED) is 0.786. The largest absolute Gasteiger partial charge is 0.353 e. The first kappa shape index (κ1) is 14.3. The van der Waals surface area contributed by atoms with Crippen LogP contribution in [-0.4, -0.2) is 48.4 Å². The van der Waals surface area contributed by atoms with Crippen molar-refractivity contribution in [2.45, 2.75) is 57.5 Å². The van der Waals surface area contributed by atoms with Gasteiger partial charge in [0.2, 0.25) is 11.8 Å². The highest BCUT2D eigenvalue weighted by Gasteiger charge is 2.26. The summed E-state index contributed by atoms with van der Waals surface area (Å²) in [6.07, 6.45) is 5.24. The number of likely N-dealkylation sites (tertiary alicyclic amines) is 1. The Bertz CT molecular complexity index is 319. The van der Waals surface area contributed by atoms with E-state index in [9.17, 15) is 9.59 Å². The molecule has 19 heavy (non-hydrogen) atoms. The number of carbonyl (C=O) groups is 2. The molecule has 0 aromatic heterocycles. The molecule has 0 saturated carbocycles. The van der Waals surface area contributed by atoms with Crippen LogP contribution in [0.25, 0.3) is 0 Å². The van der Waals surface area contributed by atoms with Crippen molar-refractivity contribution in [3.8, 4) is 0 Å². The molecule has 0 aromatic carbocycles. The highest BCUT2D eigenvalue weighted by molar-refractivity contribution is 5.77.